The van der Waals surface area contributed by atoms with Crippen molar-refractivity contribution >= 4 is 29.9 Å². The summed E-state index contributed by atoms with van der Waals surface area (Å²) in [6.07, 6.45) is 1.04. The van der Waals surface area contributed by atoms with E-state index >= 15 is 0 Å². The SMILES string of the molecule is CC(C)CNC(=O)c1ccccc1NC(=O)CN1CCCNCC1.Cl. The molecule has 0 spiro atoms. The molecule has 1 aliphatic rings. The van der Waals surface area contributed by atoms with Crippen LogP contribution in [0.2, 0.25) is 0 Å². The van der Waals surface area contributed by atoms with Gasteiger partial charge in [0.05, 0.1) is 17.8 Å². The third kappa shape index (κ3) is 7.42. The molecule has 0 bridgehead atoms. The fourth-order valence-corrected chi connectivity index (χ4v) is 2.63. The molecule has 0 unspecified atom stereocenters. The van der Waals surface area contributed by atoms with Gasteiger partial charge in [-0.15, -0.1) is 12.4 Å². The molecule has 1 aromatic rings. The number of hydrogen-bond donors (Lipinski definition) is 3. The van der Waals surface area contributed by atoms with Gasteiger partial charge in [-0.05, 0) is 37.6 Å². The van der Waals surface area contributed by atoms with E-state index in [1.165, 1.54) is 0 Å². The minimum Gasteiger partial charge on any atom is -0.352 e. The summed E-state index contributed by atoms with van der Waals surface area (Å²) in [5, 5.41) is 9.10. The van der Waals surface area contributed by atoms with E-state index in [1.54, 1.807) is 18.2 Å². The van der Waals surface area contributed by atoms with Gasteiger partial charge in [-0.2, -0.15) is 0 Å². The molecule has 2 rings (SSSR count). The second-order valence-electron chi connectivity index (χ2n) is 6.58. The van der Waals surface area contributed by atoms with Crippen molar-refractivity contribution in [3.63, 3.8) is 0 Å². The molecule has 25 heavy (non-hydrogen) atoms. The molecule has 7 heteroatoms. The monoisotopic (exact) mass is 368 g/mol. The highest BCUT2D eigenvalue weighted by Gasteiger charge is 2.16. The van der Waals surface area contributed by atoms with Crippen molar-refractivity contribution in [3.8, 4) is 0 Å². The van der Waals surface area contributed by atoms with Crippen molar-refractivity contribution in [3.05, 3.63) is 29.8 Å². The topological polar surface area (TPSA) is 73.5 Å². The van der Waals surface area contributed by atoms with E-state index in [0.29, 0.717) is 30.3 Å². The molecule has 1 aliphatic heterocycles. The quantitative estimate of drug-likeness (QED) is 0.715. The summed E-state index contributed by atoms with van der Waals surface area (Å²) in [4.78, 5) is 26.8. The smallest absolute Gasteiger partial charge is 0.253 e. The van der Waals surface area contributed by atoms with Gasteiger partial charge < -0.3 is 16.0 Å². The number of halogens is 1. The number of anilines is 1. The first-order chi connectivity index (χ1) is 11.6. The van der Waals surface area contributed by atoms with Crippen LogP contribution in [0.5, 0.6) is 0 Å². The first kappa shape index (κ1) is 21.4. The Morgan fingerprint density at radius 1 is 1.20 bits per heavy atom. The standard InChI is InChI=1S/C18H28N4O2.ClH/c1-14(2)12-20-18(24)15-6-3-4-7-16(15)21-17(23)13-22-10-5-8-19-9-11-22;/h3-4,6-7,14,19H,5,8-13H2,1-2H3,(H,20,24)(H,21,23);1H. The second kappa shape index (κ2) is 11.1. The predicted octanol–water partition coefficient (Wildman–Crippen LogP) is 1.73. The number of amides is 2. The van der Waals surface area contributed by atoms with E-state index in [-0.39, 0.29) is 24.2 Å². The molecule has 1 aromatic carbocycles. The minimum atomic E-state index is -0.154. The maximum atomic E-state index is 12.3. The Hall–Kier alpha value is -1.63. The van der Waals surface area contributed by atoms with E-state index in [4.69, 9.17) is 0 Å². The normalized spacial score (nSPS) is 15.2. The highest BCUT2D eigenvalue weighted by Crippen LogP contribution is 2.15. The van der Waals surface area contributed by atoms with Crippen LogP contribution in [-0.4, -0.2) is 56.0 Å². The number of nitrogens with zero attached hydrogens (tertiary/aromatic N) is 1. The second-order valence-corrected chi connectivity index (χ2v) is 6.58. The van der Waals surface area contributed by atoms with Crippen LogP contribution in [-0.2, 0) is 4.79 Å². The van der Waals surface area contributed by atoms with Crippen LogP contribution in [0.1, 0.15) is 30.6 Å². The van der Waals surface area contributed by atoms with Crippen LogP contribution in [0.25, 0.3) is 0 Å². The first-order valence-corrected chi connectivity index (χ1v) is 8.66. The third-order valence-corrected chi connectivity index (χ3v) is 3.92. The highest BCUT2D eigenvalue weighted by atomic mass is 35.5. The molecular weight excluding hydrogens is 340 g/mol. The Kier molecular flexibility index (Phi) is 9.49. The Morgan fingerprint density at radius 2 is 1.96 bits per heavy atom. The largest absolute Gasteiger partial charge is 0.352 e. The van der Waals surface area contributed by atoms with Gasteiger partial charge >= 0.3 is 0 Å². The highest BCUT2D eigenvalue weighted by molar-refractivity contribution is 6.04. The molecule has 1 fully saturated rings. The molecule has 140 valence electrons. The van der Waals surface area contributed by atoms with Gasteiger partial charge in [-0.3, -0.25) is 14.5 Å². The van der Waals surface area contributed by atoms with Gasteiger partial charge in [0.1, 0.15) is 0 Å². The predicted molar refractivity (Wildman–Crippen MR) is 103 cm³/mol. The zero-order chi connectivity index (χ0) is 17.4. The fraction of sp³-hybridized carbons (Fsp3) is 0.556. The number of hydrogen-bond acceptors (Lipinski definition) is 4. The number of carbonyl (C=O) groups is 2. The van der Waals surface area contributed by atoms with Gasteiger partial charge in [0.15, 0.2) is 0 Å². The van der Waals surface area contributed by atoms with Crippen LogP contribution < -0.4 is 16.0 Å². The molecule has 0 aromatic heterocycles. The molecular formula is C18H29ClN4O2. The van der Waals surface area contributed by atoms with Gasteiger partial charge in [0.25, 0.3) is 5.91 Å². The van der Waals surface area contributed by atoms with E-state index in [9.17, 15) is 9.59 Å². The average molecular weight is 369 g/mol. The number of carbonyl (C=O) groups excluding carboxylic acids is 2. The van der Waals surface area contributed by atoms with Crippen LogP contribution in [0, 0.1) is 5.92 Å². The summed E-state index contributed by atoms with van der Waals surface area (Å²) in [6.45, 7) is 8.73. The lowest BCUT2D eigenvalue weighted by molar-refractivity contribution is -0.117. The van der Waals surface area contributed by atoms with Gasteiger partial charge in [0, 0.05) is 19.6 Å². The summed E-state index contributed by atoms with van der Waals surface area (Å²) in [5.41, 5.74) is 1.07. The third-order valence-electron chi connectivity index (χ3n) is 3.92. The molecule has 3 N–H and O–H groups in total. The van der Waals surface area contributed by atoms with E-state index in [0.717, 1.165) is 32.6 Å². The molecule has 0 saturated carbocycles. The van der Waals surface area contributed by atoms with Crippen LogP contribution >= 0.6 is 12.4 Å². The molecule has 0 atom stereocenters. The molecule has 2 amide bonds. The van der Waals surface area contributed by atoms with Crippen LogP contribution in [0.3, 0.4) is 0 Å². The Balaban J connectivity index is 0.00000312. The number of benzene rings is 1. The van der Waals surface area contributed by atoms with Crippen LogP contribution in [0.4, 0.5) is 5.69 Å². The van der Waals surface area contributed by atoms with E-state index < -0.39 is 0 Å². The molecule has 6 nitrogen and oxygen atoms in total. The summed E-state index contributed by atoms with van der Waals surface area (Å²) < 4.78 is 0. The van der Waals surface area contributed by atoms with E-state index in [1.807, 2.05) is 19.9 Å². The Labute approximate surface area is 156 Å². The maximum absolute atomic E-state index is 12.3. The zero-order valence-corrected chi connectivity index (χ0v) is 15.8. The van der Waals surface area contributed by atoms with Gasteiger partial charge in [-0.1, -0.05) is 26.0 Å². The van der Waals surface area contributed by atoms with Crippen molar-refractivity contribution in [1.29, 1.82) is 0 Å². The fourth-order valence-electron chi connectivity index (χ4n) is 2.63. The molecule has 1 heterocycles. The van der Waals surface area contributed by atoms with Crippen molar-refractivity contribution in [1.82, 2.24) is 15.5 Å². The summed E-state index contributed by atoms with van der Waals surface area (Å²) in [6, 6.07) is 7.14. The van der Waals surface area contributed by atoms with Crippen molar-refractivity contribution in [2.75, 3.05) is 44.6 Å². The average Bonchev–Trinajstić information content (AvgIpc) is 2.81. The van der Waals surface area contributed by atoms with Crippen LogP contribution in [0.15, 0.2) is 24.3 Å². The number of rotatable bonds is 6. The molecule has 0 radical (unpaired) electrons. The van der Waals surface area contributed by atoms with Crippen molar-refractivity contribution in [2.24, 2.45) is 5.92 Å². The molecule has 0 aliphatic carbocycles. The minimum absolute atomic E-state index is 0. The Morgan fingerprint density at radius 3 is 2.72 bits per heavy atom. The van der Waals surface area contributed by atoms with Gasteiger partial charge in [-0.25, -0.2) is 0 Å². The summed E-state index contributed by atoms with van der Waals surface area (Å²) in [5.74, 6) is 0.145. The first-order valence-electron chi connectivity index (χ1n) is 8.66. The summed E-state index contributed by atoms with van der Waals surface area (Å²) in [7, 11) is 0. The lowest BCUT2D eigenvalue weighted by Crippen LogP contribution is -2.36. The van der Waals surface area contributed by atoms with E-state index in [2.05, 4.69) is 20.9 Å². The maximum Gasteiger partial charge on any atom is 0.253 e. The lowest BCUT2D eigenvalue weighted by atomic mass is 10.1. The Bertz CT molecular complexity index is 558. The number of para-hydroxylation sites is 1. The lowest BCUT2D eigenvalue weighted by Gasteiger charge is -2.19. The van der Waals surface area contributed by atoms with Crippen molar-refractivity contribution < 1.29 is 9.59 Å². The molecule has 1 saturated heterocycles. The van der Waals surface area contributed by atoms with Gasteiger partial charge in [0.2, 0.25) is 5.91 Å². The van der Waals surface area contributed by atoms with Crippen molar-refractivity contribution in [2.45, 2.75) is 20.3 Å². The zero-order valence-electron chi connectivity index (χ0n) is 15.0. The summed E-state index contributed by atoms with van der Waals surface area (Å²) >= 11 is 0. The number of nitrogens with one attached hydrogen (secondary N) is 3.